The molecule has 4 aromatic rings. The van der Waals surface area contributed by atoms with Gasteiger partial charge in [-0.1, -0.05) is 31.0 Å². The summed E-state index contributed by atoms with van der Waals surface area (Å²) >= 11 is 0. The van der Waals surface area contributed by atoms with E-state index in [1.807, 2.05) is 51.5 Å². The van der Waals surface area contributed by atoms with E-state index in [-0.39, 0.29) is 5.91 Å². The number of carbonyl (C=O) groups excluding carboxylic acids is 1. The summed E-state index contributed by atoms with van der Waals surface area (Å²) in [4.78, 5) is 15.5. The Morgan fingerprint density at radius 3 is 2.68 bits per heavy atom. The number of carbonyl (C=O) groups is 1. The third-order valence-electron chi connectivity index (χ3n) is 7.08. The van der Waals surface area contributed by atoms with E-state index in [1.165, 1.54) is 12.8 Å². The predicted octanol–water partition coefficient (Wildman–Crippen LogP) is 3.25. The number of H-pyrrole nitrogens is 1. The zero-order chi connectivity index (χ0) is 23.1. The summed E-state index contributed by atoms with van der Waals surface area (Å²) < 4.78 is 3.86. The first-order valence-corrected chi connectivity index (χ1v) is 12.1. The number of benzene rings is 1. The summed E-state index contributed by atoms with van der Waals surface area (Å²) in [7, 11) is 1.96. The monoisotopic (exact) mass is 456 g/mol. The number of aromatic amines is 1. The molecule has 0 fully saturated rings. The van der Waals surface area contributed by atoms with Crippen molar-refractivity contribution in [1.82, 2.24) is 39.6 Å². The zero-order valence-electron chi connectivity index (χ0n) is 19.4. The Balaban J connectivity index is 1.33. The van der Waals surface area contributed by atoms with Crippen molar-refractivity contribution in [2.45, 2.75) is 51.5 Å². The molecule has 0 atom stereocenters. The van der Waals surface area contributed by atoms with Crippen LogP contribution in [0.2, 0.25) is 0 Å². The summed E-state index contributed by atoms with van der Waals surface area (Å²) in [5.74, 6) is 0.685. The van der Waals surface area contributed by atoms with Crippen molar-refractivity contribution in [2.24, 2.45) is 7.05 Å². The normalized spacial score (nSPS) is 16.0. The summed E-state index contributed by atoms with van der Waals surface area (Å²) in [5.41, 5.74) is 6.77. The van der Waals surface area contributed by atoms with Gasteiger partial charge in [0.15, 0.2) is 11.5 Å². The minimum Gasteiger partial charge on any atom is -0.332 e. The van der Waals surface area contributed by atoms with Gasteiger partial charge >= 0.3 is 0 Å². The summed E-state index contributed by atoms with van der Waals surface area (Å²) in [6.07, 6.45) is 9.07. The van der Waals surface area contributed by atoms with Crippen LogP contribution >= 0.6 is 0 Å². The van der Waals surface area contributed by atoms with E-state index < -0.39 is 0 Å². The van der Waals surface area contributed by atoms with E-state index in [0.717, 1.165) is 66.0 Å². The zero-order valence-corrected chi connectivity index (χ0v) is 19.4. The second-order valence-corrected chi connectivity index (χ2v) is 9.18. The molecule has 0 radical (unpaired) electrons. The molecule has 3 aromatic heterocycles. The van der Waals surface area contributed by atoms with Crippen molar-refractivity contribution in [3.63, 3.8) is 0 Å². The minimum atomic E-state index is 0.00283. The molecular formula is C25H28N8O. The van der Waals surface area contributed by atoms with Crippen molar-refractivity contribution in [3.8, 4) is 17.2 Å². The van der Waals surface area contributed by atoms with Gasteiger partial charge in [0, 0.05) is 48.2 Å². The first-order chi connectivity index (χ1) is 16.7. The highest BCUT2D eigenvalue weighted by atomic mass is 16.2. The molecule has 1 aliphatic carbocycles. The molecule has 0 saturated carbocycles. The molecule has 2 aliphatic rings. The van der Waals surface area contributed by atoms with E-state index in [0.29, 0.717) is 24.6 Å². The van der Waals surface area contributed by atoms with Gasteiger partial charge in [0.1, 0.15) is 12.0 Å². The Morgan fingerprint density at radius 2 is 1.82 bits per heavy atom. The summed E-state index contributed by atoms with van der Waals surface area (Å²) in [6.45, 7) is 1.14. The average molecular weight is 457 g/mol. The number of nitrogens with zero attached hydrogens (tertiary/aromatic N) is 7. The van der Waals surface area contributed by atoms with Crippen molar-refractivity contribution in [3.05, 3.63) is 64.9 Å². The number of para-hydroxylation sites is 1. The standard InChI is InChI=1S/C25H28N8O/c1-31-21-13-14-32(25(34)23-18-11-7-2-3-8-12-20(18)27-28-23)15-19(21)22(30-31)24-29-26-16-33(24)17-9-5-4-6-10-17/h4-6,9-10,16H,2-3,7-8,11-15H2,1H3,(H,27,28). The predicted molar refractivity (Wildman–Crippen MR) is 126 cm³/mol. The highest BCUT2D eigenvalue weighted by molar-refractivity contribution is 5.94. The molecule has 9 nitrogen and oxygen atoms in total. The highest BCUT2D eigenvalue weighted by Crippen LogP contribution is 2.31. The molecule has 0 bridgehead atoms. The van der Waals surface area contributed by atoms with Gasteiger partial charge in [0.2, 0.25) is 0 Å². The van der Waals surface area contributed by atoms with E-state index in [2.05, 4.69) is 20.4 Å². The number of amides is 1. The van der Waals surface area contributed by atoms with Crippen LogP contribution in [0.25, 0.3) is 17.2 Å². The van der Waals surface area contributed by atoms with Crippen LogP contribution in [0.3, 0.4) is 0 Å². The van der Waals surface area contributed by atoms with Crippen LogP contribution in [-0.4, -0.2) is 52.1 Å². The van der Waals surface area contributed by atoms with Crippen LogP contribution < -0.4 is 0 Å². The second kappa shape index (κ2) is 8.55. The number of rotatable bonds is 3. The number of hydrogen-bond donors (Lipinski definition) is 1. The van der Waals surface area contributed by atoms with Crippen molar-refractivity contribution < 1.29 is 4.79 Å². The van der Waals surface area contributed by atoms with E-state index >= 15 is 0 Å². The molecule has 0 unspecified atom stereocenters. The molecule has 0 spiro atoms. The highest BCUT2D eigenvalue weighted by Gasteiger charge is 2.32. The molecular weight excluding hydrogens is 428 g/mol. The Bertz CT molecular complexity index is 1330. The van der Waals surface area contributed by atoms with Crippen LogP contribution in [0.4, 0.5) is 0 Å². The molecule has 1 aromatic carbocycles. The van der Waals surface area contributed by atoms with Crippen LogP contribution in [-0.2, 0) is 32.9 Å². The maximum atomic E-state index is 13.6. The van der Waals surface area contributed by atoms with Gasteiger partial charge in [-0.05, 0) is 37.8 Å². The fourth-order valence-electron chi connectivity index (χ4n) is 5.28. The fourth-order valence-corrected chi connectivity index (χ4v) is 5.28. The van der Waals surface area contributed by atoms with Gasteiger partial charge in [0.25, 0.3) is 5.91 Å². The average Bonchev–Trinajstić information content (AvgIpc) is 3.56. The molecule has 1 aliphatic heterocycles. The number of fused-ring (bicyclic) bond motifs is 2. The largest absolute Gasteiger partial charge is 0.332 e. The third-order valence-corrected chi connectivity index (χ3v) is 7.08. The van der Waals surface area contributed by atoms with Gasteiger partial charge < -0.3 is 4.90 Å². The van der Waals surface area contributed by atoms with Crippen LogP contribution in [0, 0.1) is 0 Å². The molecule has 9 heteroatoms. The maximum absolute atomic E-state index is 13.6. The quantitative estimate of drug-likeness (QED) is 0.510. The first-order valence-electron chi connectivity index (χ1n) is 12.1. The van der Waals surface area contributed by atoms with Gasteiger partial charge in [0.05, 0.1) is 6.54 Å². The first kappa shape index (κ1) is 20.8. The Kier molecular flexibility index (Phi) is 5.24. The molecule has 1 amide bonds. The number of aryl methyl sites for hydroxylation is 2. The molecule has 4 heterocycles. The molecule has 34 heavy (non-hydrogen) atoms. The Morgan fingerprint density at radius 1 is 1.00 bits per heavy atom. The topological polar surface area (TPSA) is 97.5 Å². The van der Waals surface area contributed by atoms with Gasteiger partial charge in [-0.2, -0.15) is 10.2 Å². The molecule has 174 valence electrons. The van der Waals surface area contributed by atoms with E-state index in [4.69, 9.17) is 5.10 Å². The van der Waals surface area contributed by atoms with Gasteiger partial charge in [-0.15, -0.1) is 10.2 Å². The van der Waals surface area contributed by atoms with Crippen LogP contribution in [0.15, 0.2) is 36.7 Å². The van der Waals surface area contributed by atoms with Crippen molar-refractivity contribution in [1.29, 1.82) is 0 Å². The summed E-state index contributed by atoms with van der Waals surface area (Å²) in [6, 6.07) is 9.99. The van der Waals surface area contributed by atoms with Crippen molar-refractivity contribution in [2.75, 3.05) is 6.54 Å². The lowest BCUT2D eigenvalue weighted by Crippen LogP contribution is -2.37. The maximum Gasteiger partial charge on any atom is 0.274 e. The van der Waals surface area contributed by atoms with E-state index in [9.17, 15) is 4.79 Å². The smallest absolute Gasteiger partial charge is 0.274 e. The SMILES string of the molecule is Cn1nc(-c2nncn2-c2ccccc2)c2c1CCN(C(=O)c1n[nH]c3c1CCCCCC3)C2. The number of nitrogens with one attached hydrogen (secondary N) is 1. The van der Waals surface area contributed by atoms with Crippen LogP contribution in [0.1, 0.15) is 58.7 Å². The third kappa shape index (κ3) is 3.52. The number of hydrogen-bond acceptors (Lipinski definition) is 5. The molecule has 1 N–H and O–H groups in total. The van der Waals surface area contributed by atoms with Gasteiger partial charge in [-0.3, -0.25) is 19.1 Å². The Hall–Kier alpha value is -3.75. The molecule has 6 rings (SSSR count). The lowest BCUT2D eigenvalue weighted by atomic mass is 9.96. The second-order valence-electron chi connectivity index (χ2n) is 9.18. The van der Waals surface area contributed by atoms with Gasteiger partial charge in [-0.25, -0.2) is 0 Å². The van der Waals surface area contributed by atoms with Crippen LogP contribution in [0.5, 0.6) is 0 Å². The minimum absolute atomic E-state index is 0.00283. The molecule has 0 saturated heterocycles. The van der Waals surface area contributed by atoms with E-state index in [1.54, 1.807) is 6.33 Å². The number of aromatic nitrogens is 7. The lowest BCUT2D eigenvalue weighted by Gasteiger charge is -2.27. The Labute approximate surface area is 197 Å². The lowest BCUT2D eigenvalue weighted by molar-refractivity contribution is 0.0726. The van der Waals surface area contributed by atoms with Crippen molar-refractivity contribution >= 4 is 5.91 Å². The summed E-state index contributed by atoms with van der Waals surface area (Å²) in [5, 5.41) is 21.0. The fraction of sp³-hybridized carbons (Fsp3) is 0.400.